The number of Topliss-reactive ketones (excluding diaryl/α,β-unsaturated/α-hetero) is 1. The molecule has 8 nitrogen and oxygen atoms in total. The zero-order chi connectivity index (χ0) is 23.8. The highest BCUT2D eigenvalue weighted by atomic mass is 32.2. The molecule has 0 radical (unpaired) electrons. The van der Waals surface area contributed by atoms with Gasteiger partial charge in [0.15, 0.2) is 9.84 Å². The van der Waals surface area contributed by atoms with Crippen LogP contribution in [0.1, 0.15) is 44.7 Å². The van der Waals surface area contributed by atoms with Gasteiger partial charge in [0.25, 0.3) is 0 Å². The third-order valence-corrected chi connectivity index (χ3v) is 8.05. The number of aryl methyl sites for hydroxylation is 1. The molecule has 0 unspecified atom stereocenters. The Morgan fingerprint density at radius 3 is 2.45 bits per heavy atom. The summed E-state index contributed by atoms with van der Waals surface area (Å²) in [6.45, 7) is 6.41. The molecule has 2 aliphatic heterocycles. The molecule has 0 saturated carbocycles. The van der Waals surface area contributed by atoms with E-state index in [0.717, 1.165) is 30.5 Å². The Morgan fingerprint density at radius 1 is 1.06 bits per heavy atom. The maximum Gasteiger partial charge on any atom is 0.226 e. The summed E-state index contributed by atoms with van der Waals surface area (Å²) in [7, 11) is -3.32. The van der Waals surface area contributed by atoms with Crippen LogP contribution in [0.5, 0.6) is 0 Å². The van der Waals surface area contributed by atoms with Crippen molar-refractivity contribution in [3.05, 3.63) is 23.9 Å². The Hall–Kier alpha value is -2.55. The first-order chi connectivity index (χ1) is 15.7. The Labute approximate surface area is 195 Å². The van der Waals surface area contributed by atoms with Gasteiger partial charge in [-0.1, -0.05) is 6.92 Å². The van der Waals surface area contributed by atoms with Crippen LogP contribution in [-0.2, 0) is 19.4 Å². The summed E-state index contributed by atoms with van der Waals surface area (Å²) >= 11 is 0. The van der Waals surface area contributed by atoms with Crippen LogP contribution in [0.3, 0.4) is 0 Å². The number of aromatic nitrogens is 2. The van der Waals surface area contributed by atoms with Gasteiger partial charge in [0.05, 0.1) is 16.1 Å². The average molecular weight is 473 g/mol. The molecule has 178 valence electrons. The van der Waals surface area contributed by atoms with Crippen molar-refractivity contribution in [2.45, 2.75) is 50.8 Å². The molecule has 1 aromatic heterocycles. The SMILES string of the molecule is CCC(=O)[C@@H]1CCCN(C(=O)C2CCN(c3nc(C)c4ccc(S(C)(=O)=O)cc4n3)CC2)C1. The number of amides is 1. The van der Waals surface area contributed by atoms with Crippen molar-refractivity contribution >= 4 is 38.4 Å². The number of nitrogens with zero attached hydrogens (tertiary/aromatic N) is 4. The number of rotatable bonds is 5. The number of carbonyl (C=O) groups excluding carboxylic acids is 2. The minimum Gasteiger partial charge on any atom is -0.342 e. The van der Waals surface area contributed by atoms with Gasteiger partial charge in [-0.25, -0.2) is 18.4 Å². The molecule has 2 fully saturated rings. The number of benzene rings is 1. The van der Waals surface area contributed by atoms with Gasteiger partial charge in [0.1, 0.15) is 5.78 Å². The molecule has 2 saturated heterocycles. The molecule has 0 bridgehead atoms. The van der Waals surface area contributed by atoms with Crippen molar-refractivity contribution in [3.8, 4) is 0 Å². The highest BCUT2D eigenvalue weighted by Gasteiger charge is 2.33. The topological polar surface area (TPSA) is 101 Å². The van der Waals surface area contributed by atoms with Crippen molar-refractivity contribution in [2.24, 2.45) is 11.8 Å². The molecule has 0 aliphatic carbocycles. The fourth-order valence-electron chi connectivity index (χ4n) is 4.94. The lowest BCUT2D eigenvalue weighted by atomic mass is 9.90. The summed E-state index contributed by atoms with van der Waals surface area (Å²) < 4.78 is 23.9. The molecular formula is C24H32N4O4S. The smallest absolute Gasteiger partial charge is 0.226 e. The van der Waals surface area contributed by atoms with Gasteiger partial charge in [-0.3, -0.25) is 9.59 Å². The van der Waals surface area contributed by atoms with Crippen LogP contribution < -0.4 is 4.90 Å². The first-order valence-electron chi connectivity index (χ1n) is 11.7. The summed E-state index contributed by atoms with van der Waals surface area (Å²) in [6, 6.07) is 4.94. The molecule has 1 atom stereocenters. The van der Waals surface area contributed by atoms with Crippen LogP contribution in [0, 0.1) is 18.8 Å². The fourth-order valence-corrected chi connectivity index (χ4v) is 5.58. The average Bonchev–Trinajstić information content (AvgIpc) is 2.82. The fraction of sp³-hybridized carbons (Fsp3) is 0.583. The molecule has 0 spiro atoms. The molecule has 9 heteroatoms. The first kappa shape index (κ1) is 23.6. The highest BCUT2D eigenvalue weighted by Crippen LogP contribution is 2.28. The second-order valence-corrected chi connectivity index (χ2v) is 11.3. The lowest BCUT2D eigenvalue weighted by Gasteiger charge is -2.37. The molecular weight excluding hydrogens is 440 g/mol. The molecule has 2 aromatic rings. The van der Waals surface area contributed by atoms with E-state index in [1.165, 1.54) is 6.26 Å². The van der Waals surface area contributed by atoms with E-state index in [1.54, 1.807) is 18.2 Å². The van der Waals surface area contributed by atoms with Gasteiger partial charge in [-0.15, -0.1) is 0 Å². The summed E-state index contributed by atoms with van der Waals surface area (Å²) in [4.78, 5) is 38.7. The van der Waals surface area contributed by atoms with Crippen LogP contribution in [-0.4, -0.2) is 67.4 Å². The predicted octanol–water partition coefficient (Wildman–Crippen LogP) is 2.78. The Bertz CT molecular complexity index is 1170. The summed E-state index contributed by atoms with van der Waals surface area (Å²) in [5.74, 6) is 0.929. The largest absolute Gasteiger partial charge is 0.342 e. The summed E-state index contributed by atoms with van der Waals surface area (Å²) in [5.41, 5.74) is 1.41. The third-order valence-electron chi connectivity index (χ3n) is 6.94. The minimum atomic E-state index is -3.32. The van der Waals surface area contributed by atoms with Crippen molar-refractivity contribution in [3.63, 3.8) is 0 Å². The van der Waals surface area contributed by atoms with Crippen LogP contribution in [0.4, 0.5) is 5.95 Å². The maximum atomic E-state index is 13.1. The maximum absolute atomic E-state index is 13.1. The molecule has 1 amide bonds. The third kappa shape index (κ3) is 5.03. The van der Waals surface area contributed by atoms with Crippen LogP contribution >= 0.6 is 0 Å². The van der Waals surface area contributed by atoms with Crippen LogP contribution in [0.25, 0.3) is 10.9 Å². The van der Waals surface area contributed by atoms with E-state index in [9.17, 15) is 18.0 Å². The van der Waals surface area contributed by atoms with E-state index in [0.29, 0.717) is 50.4 Å². The van der Waals surface area contributed by atoms with Gasteiger partial charge in [0, 0.05) is 56.1 Å². The van der Waals surface area contributed by atoms with Gasteiger partial charge < -0.3 is 9.80 Å². The van der Waals surface area contributed by atoms with Gasteiger partial charge in [-0.05, 0) is 50.8 Å². The number of piperidine rings is 2. The molecule has 33 heavy (non-hydrogen) atoms. The number of likely N-dealkylation sites (tertiary alicyclic amines) is 1. The summed E-state index contributed by atoms with van der Waals surface area (Å²) in [5, 5.41) is 0.831. The molecule has 0 N–H and O–H groups in total. The van der Waals surface area contributed by atoms with E-state index in [1.807, 2.05) is 18.7 Å². The van der Waals surface area contributed by atoms with Crippen molar-refractivity contribution in [1.82, 2.24) is 14.9 Å². The van der Waals surface area contributed by atoms with Crippen LogP contribution in [0.2, 0.25) is 0 Å². The number of carbonyl (C=O) groups is 2. The normalized spacial score (nSPS) is 20.3. The van der Waals surface area contributed by atoms with Crippen molar-refractivity contribution in [1.29, 1.82) is 0 Å². The lowest BCUT2D eigenvalue weighted by Crippen LogP contribution is -2.47. The quantitative estimate of drug-likeness (QED) is 0.659. The van der Waals surface area contributed by atoms with Gasteiger partial charge in [0.2, 0.25) is 11.9 Å². The van der Waals surface area contributed by atoms with Crippen LogP contribution in [0.15, 0.2) is 23.1 Å². The van der Waals surface area contributed by atoms with Gasteiger partial charge in [-0.2, -0.15) is 0 Å². The number of sulfone groups is 1. The van der Waals surface area contributed by atoms with E-state index < -0.39 is 9.84 Å². The number of hydrogen-bond acceptors (Lipinski definition) is 7. The zero-order valence-corrected chi connectivity index (χ0v) is 20.4. The highest BCUT2D eigenvalue weighted by molar-refractivity contribution is 7.90. The number of anilines is 1. The lowest BCUT2D eigenvalue weighted by molar-refractivity contribution is -0.139. The Balaban J connectivity index is 1.45. The van der Waals surface area contributed by atoms with E-state index in [4.69, 9.17) is 0 Å². The molecule has 1 aromatic carbocycles. The second-order valence-electron chi connectivity index (χ2n) is 9.26. The van der Waals surface area contributed by atoms with Crippen molar-refractivity contribution in [2.75, 3.05) is 37.3 Å². The predicted molar refractivity (Wildman–Crippen MR) is 127 cm³/mol. The Kier molecular flexibility index (Phi) is 6.70. The molecule has 4 rings (SSSR count). The number of fused-ring (bicyclic) bond motifs is 1. The standard InChI is InChI=1S/C24H32N4O4S/c1-4-22(29)18-6-5-11-28(15-18)23(30)17-9-12-27(13-10-17)24-25-16(2)20-8-7-19(33(3,31)32)14-21(20)26-24/h7-8,14,17-18H,4-6,9-13,15H2,1-3H3/t18-/m1/s1. The molecule has 3 heterocycles. The Morgan fingerprint density at radius 2 is 1.79 bits per heavy atom. The number of hydrogen-bond donors (Lipinski definition) is 0. The molecule has 2 aliphatic rings. The van der Waals surface area contributed by atoms with E-state index >= 15 is 0 Å². The second kappa shape index (κ2) is 9.37. The minimum absolute atomic E-state index is 0.0152. The summed E-state index contributed by atoms with van der Waals surface area (Å²) in [6.07, 6.45) is 4.92. The number of ketones is 1. The van der Waals surface area contributed by atoms with Gasteiger partial charge >= 0.3 is 0 Å². The van der Waals surface area contributed by atoms with E-state index in [2.05, 4.69) is 14.9 Å². The first-order valence-corrected chi connectivity index (χ1v) is 13.6. The van der Waals surface area contributed by atoms with E-state index in [-0.39, 0.29) is 28.4 Å². The monoisotopic (exact) mass is 472 g/mol. The zero-order valence-electron chi connectivity index (χ0n) is 19.6. The van der Waals surface area contributed by atoms with Crippen molar-refractivity contribution < 1.29 is 18.0 Å².